The lowest BCUT2D eigenvalue weighted by molar-refractivity contribution is -0.133. The third-order valence-electron chi connectivity index (χ3n) is 5.66. The molecule has 0 aromatic rings. The summed E-state index contributed by atoms with van der Waals surface area (Å²) in [6.07, 6.45) is 9.58. The van der Waals surface area contributed by atoms with Crippen LogP contribution in [0.25, 0.3) is 0 Å². The lowest BCUT2D eigenvalue weighted by atomic mass is 9.96. The predicted octanol–water partition coefficient (Wildman–Crippen LogP) is 2.55. The van der Waals surface area contributed by atoms with E-state index in [2.05, 4.69) is 17.1 Å². The van der Waals surface area contributed by atoms with Crippen molar-refractivity contribution in [2.24, 2.45) is 11.8 Å². The summed E-state index contributed by atoms with van der Waals surface area (Å²) >= 11 is 0. The smallest absolute Gasteiger partial charge is 0.222 e. The molecule has 4 atom stereocenters. The Labute approximate surface area is 117 Å². The summed E-state index contributed by atoms with van der Waals surface area (Å²) in [5.41, 5.74) is 0. The van der Waals surface area contributed by atoms with E-state index in [1.165, 1.54) is 44.9 Å². The van der Waals surface area contributed by atoms with Gasteiger partial charge in [0, 0.05) is 31.6 Å². The quantitative estimate of drug-likeness (QED) is 0.849. The second-order valence-corrected chi connectivity index (χ2v) is 7.26. The lowest BCUT2D eigenvalue weighted by Crippen LogP contribution is -2.48. The van der Waals surface area contributed by atoms with Gasteiger partial charge in [0.15, 0.2) is 0 Å². The molecule has 19 heavy (non-hydrogen) atoms. The topological polar surface area (TPSA) is 32.3 Å². The van der Waals surface area contributed by atoms with Crippen LogP contribution in [0.4, 0.5) is 0 Å². The highest BCUT2D eigenvalue weighted by molar-refractivity contribution is 5.76. The summed E-state index contributed by atoms with van der Waals surface area (Å²) in [5, 5.41) is 3.66. The van der Waals surface area contributed by atoms with Gasteiger partial charge >= 0.3 is 0 Å². The van der Waals surface area contributed by atoms with Crippen LogP contribution in [0.5, 0.6) is 0 Å². The first kappa shape index (κ1) is 13.4. The third kappa shape index (κ3) is 2.96. The van der Waals surface area contributed by atoms with Crippen LogP contribution in [0.15, 0.2) is 0 Å². The zero-order valence-electron chi connectivity index (χ0n) is 12.4. The molecular formula is C16H28N2O. The monoisotopic (exact) mass is 264 g/mol. The van der Waals surface area contributed by atoms with Crippen LogP contribution in [-0.2, 0) is 4.79 Å². The zero-order valence-corrected chi connectivity index (χ0v) is 12.4. The minimum atomic E-state index is 0.394. The molecule has 0 radical (unpaired) electrons. The number of fused-ring (bicyclic) bond motifs is 2. The maximum Gasteiger partial charge on any atom is 0.222 e. The molecule has 1 aliphatic carbocycles. The molecule has 2 saturated heterocycles. The average Bonchev–Trinajstić information content (AvgIpc) is 2.94. The maximum absolute atomic E-state index is 12.4. The lowest BCUT2D eigenvalue weighted by Gasteiger charge is -2.36. The fraction of sp³-hybridized carbons (Fsp3) is 0.938. The molecule has 0 aromatic carbocycles. The van der Waals surface area contributed by atoms with E-state index in [9.17, 15) is 4.79 Å². The molecule has 3 heteroatoms. The number of rotatable bonds is 3. The molecule has 4 unspecified atom stereocenters. The van der Waals surface area contributed by atoms with Gasteiger partial charge in [-0.05, 0) is 50.4 Å². The van der Waals surface area contributed by atoms with Crippen LogP contribution in [0, 0.1) is 11.8 Å². The van der Waals surface area contributed by atoms with E-state index in [1.807, 2.05) is 7.05 Å². The molecule has 2 heterocycles. The fourth-order valence-electron chi connectivity index (χ4n) is 4.45. The highest BCUT2D eigenvalue weighted by atomic mass is 16.2. The van der Waals surface area contributed by atoms with E-state index < -0.39 is 0 Å². The van der Waals surface area contributed by atoms with Gasteiger partial charge in [0.25, 0.3) is 0 Å². The van der Waals surface area contributed by atoms with Gasteiger partial charge in [0.05, 0.1) is 0 Å². The van der Waals surface area contributed by atoms with Gasteiger partial charge in [-0.1, -0.05) is 13.3 Å². The molecule has 0 aromatic heterocycles. The normalized spacial score (nSPS) is 41.5. The SMILES string of the molecule is CC1CCC(CC(=O)N(C)C2CC3CCC(C2)N3)C1. The molecule has 1 N–H and O–H groups in total. The number of nitrogens with one attached hydrogen (secondary N) is 1. The highest BCUT2D eigenvalue weighted by Crippen LogP contribution is 2.34. The highest BCUT2D eigenvalue weighted by Gasteiger charge is 2.36. The first-order valence-electron chi connectivity index (χ1n) is 8.13. The van der Waals surface area contributed by atoms with Crippen LogP contribution in [0.1, 0.15) is 58.3 Å². The maximum atomic E-state index is 12.4. The molecular weight excluding hydrogens is 236 g/mol. The Morgan fingerprint density at radius 2 is 1.79 bits per heavy atom. The molecule has 108 valence electrons. The molecule has 3 aliphatic rings. The third-order valence-corrected chi connectivity index (χ3v) is 5.66. The van der Waals surface area contributed by atoms with Crippen LogP contribution in [0.2, 0.25) is 0 Å². The molecule has 1 amide bonds. The zero-order chi connectivity index (χ0) is 13.4. The first-order valence-corrected chi connectivity index (χ1v) is 8.13. The Morgan fingerprint density at radius 3 is 2.37 bits per heavy atom. The van der Waals surface area contributed by atoms with Crippen molar-refractivity contribution in [1.29, 1.82) is 0 Å². The summed E-state index contributed by atoms with van der Waals surface area (Å²) in [4.78, 5) is 14.5. The number of hydrogen-bond donors (Lipinski definition) is 1. The van der Waals surface area contributed by atoms with Crippen molar-refractivity contribution >= 4 is 5.91 Å². The fourth-order valence-corrected chi connectivity index (χ4v) is 4.45. The Morgan fingerprint density at radius 1 is 1.11 bits per heavy atom. The number of carbonyl (C=O) groups excluding carboxylic acids is 1. The van der Waals surface area contributed by atoms with Crippen molar-refractivity contribution in [3.63, 3.8) is 0 Å². The molecule has 3 fully saturated rings. The van der Waals surface area contributed by atoms with E-state index >= 15 is 0 Å². The molecule has 3 rings (SSSR count). The molecule has 1 saturated carbocycles. The number of nitrogens with zero attached hydrogens (tertiary/aromatic N) is 1. The predicted molar refractivity (Wildman–Crippen MR) is 76.9 cm³/mol. The van der Waals surface area contributed by atoms with Gasteiger partial charge in [-0.25, -0.2) is 0 Å². The van der Waals surface area contributed by atoms with Crippen molar-refractivity contribution < 1.29 is 4.79 Å². The average molecular weight is 264 g/mol. The summed E-state index contributed by atoms with van der Waals surface area (Å²) in [5.74, 6) is 1.88. The Bertz CT molecular complexity index is 332. The Kier molecular flexibility index (Phi) is 3.84. The van der Waals surface area contributed by atoms with Gasteiger partial charge in [-0.2, -0.15) is 0 Å². The molecule has 0 spiro atoms. The minimum absolute atomic E-state index is 0.394. The summed E-state index contributed by atoms with van der Waals surface area (Å²) in [6.45, 7) is 2.32. The van der Waals surface area contributed by atoms with Gasteiger partial charge in [0.2, 0.25) is 5.91 Å². The van der Waals surface area contributed by atoms with Gasteiger partial charge < -0.3 is 10.2 Å². The van der Waals surface area contributed by atoms with Crippen molar-refractivity contribution in [3.8, 4) is 0 Å². The van der Waals surface area contributed by atoms with Gasteiger partial charge in [-0.3, -0.25) is 4.79 Å². The molecule has 2 aliphatic heterocycles. The van der Waals surface area contributed by atoms with E-state index in [0.29, 0.717) is 30.0 Å². The number of hydrogen-bond acceptors (Lipinski definition) is 2. The Balaban J connectivity index is 1.52. The van der Waals surface area contributed by atoms with Crippen molar-refractivity contribution in [1.82, 2.24) is 10.2 Å². The van der Waals surface area contributed by atoms with E-state index in [0.717, 1.165) is 12.3 Å². The van der Waals surface area contributed by atoms with E-state index in [1.54, 1.807) is 0 Å². The molecule has 3 nitrogen and oxygen atoms in total. The first-order chi connectivity index (χ1) is 9.11. The van der Waals surface area contributed by atoms with Crippen LogP contribution in [-0.4, -0.2) is 36.0 Å². The van der Waals surface area contributed by atoms with Crippen LogP contribution >= 0.6 is 0 Å². The Hall–Kier alpha value is -0.570. The van der Waals surface area contributed by atoms with E-state index in [4.69, 9.17) is 0 Å². The van der Waals surface area contributed by atoms with Crippen molar-refractivity contribution in [3.05, 3.63) is 0 Å². The summed E-state index contributed by atoms with van der Waals surface area (Å²) < 4.78 is 0. The van der Waals surface area contributed by atoms with Crippen LogP contribution in [0.3, 0.4) is 0 Å². The number of amides is 1. The number of carbonyl (C=O) groups is 1. The van der Waals surface area contributed by atoms with Crippen molar-refractivity contribution in [2.45, 2.75) is 76.4 Å². The second-order valence-electron chi connectivity index (χ2n) is 7.26. The summed E-state index contributed by atoms with van der Waals surface area (Å²) in [7, 11) is 2.04. The van der Waals surface area contributed by atoms with Crippen molar-refractivity contribution in [2.75, 3.05) is 7.05 Å². The van der Waals surface area contributed by atoms with E-state index in [-0.39, 0.29) is 0 Å². The van der Waals surface area contributed by atoms with Gasteiger partial charge in [-0.15, -0.1) is 0 Å². The summed E-state index contributed by atoms with van der Waals surface area (Å²) in [6, 6.07) is 1.83. The second kappa shape index (κ2) is 5.43. The van der Waals surface area contributed by atoms with Crippen LogP contribution < -0.4 is 5.32 Å². The standard InChI is InChI=1S/C16H28N2O/c1-11-3-4-12(7-11)8-16(19)18(2)15-9-13-5-6-14(10-15)17-13/h11-15,17H,3-10H2,1-2H3. The minimum Gasteiger partial charge on any atom is -0.343 e. The molecule has 2 bridgehead atoms. The van der Waals surface area contributed by atoms with Gasteiger partial charge in [0.1, 0.15) is 0 Å². The number of piperidine rings is 1. The largest absolute Gasteiger partial charge is 0.343 e.